The van der Waals surface area contributed by atoms with Gasteiger partial charge in [-0.15, -0.1) is 0 Å². The van der Waals surface area contributed by atoms with Gasteiger partial charge in [-0.25, -0.2) is 0 Å². The summed E-state index contributed by atoms with van der Waals surface area (Å²) in [6.07, 6.45) is 3.31. The summed E-state index contributed by atoms with van der Waals surface area (Å²) in [5.74, 6) is 0. The SMILES string of the molecule is CC1(C)CC(C)(C)c2c1cnc1c3ccccc3c3ccccc3c21. The second-order valence-electron chi connectivity index (χ2n) is 8.81. The van der Waals surface area contributed by atoms with Crippen LogP contribution in [0, 0.1) is 0 Å². The van der Waals surface area contributed by atoms with E-state index < -0.39 is 0 Å². The first-order chi connectivity index (χ1) is 11.9. The number of aromatic nitrogens is 1. The molecule has 0 fully saturated rings. The molecular weight excluding hydrogens is 302 g/mol. The van der Waals surface area contributed by atoms with Crippen molar-refractivity contribution < 1.29 is 0 Å². The highest BCUT2D eigenvalue weighted by molar-refractivity contribution is 6.25. The Kier molecular flexibility index (Phi) is 2.74. The van der Waals surface area contributed by atoms with Gasteiger partial charge >= 0.3 is 0 Å². The van der Waals surface area contributed by atoms with E-state index in [9.17, 15) is 0 Å². The summed E-state index contributed by atoms with van der Waals surface area (Å²) in [7, 11) is 0. The normalized spacial score (nSPS) is 18.1. The Morgan fingerprint density at radius 3 is 1.96 bits per heavy atom. The van der Waals surface area contributed by atoms with E-state index in [0.29, 0.717) is 0 Å². The van der Waals surface area contributed by atoms with Crippen LogP contribution in [0.15, 0.2) is 54.7 Å². The molecule has 0 saturated heterocycles. The van der Waals surface area contributed by atoms with Crippen LogP contribution < -0.4 is 0 Å². The highest BCUT2D eigenvalue weighted by atomic mass is 14.7. The van der Waals surface area contributed by atoms with Crippen LogP contribution in [-0.2, 0) is 10.8 Å². The molecule has 5 rings (SSSR count). The molecule has 25 heavy (non-hydrogen) atoms. The standard InChI is InChI=1S/C24H23N/c1-23(2)14-24(3,4)21-19(23)13-25-22-18-12-8-6-10-16(18)15-9-5-7-11-17(15)20(21)22/h5-13H,14H2,1-4H3. The van der Waals surface area contributed by atoms with E-state index in [4.69, 9.17) is 4.98 Å². The molecule has 1 aromatic heterocycles. The molecule has 1 heteroatoms. The molecule has 1 heterocycles. The van der Waals surface area contributed by atoms with Crippen LogP contribution in [0.1, 0.15) is 45.2 Å². The largest absolute Gasteiger partial charge is 0.255 e. The number of fused-ring (bicyclic) bond motifs is 8. The minimum Gasteiger partial charge on any atom is -0.255 e. The maximum absolute atomic E-state index is 4.99. The van der Waals surface area contributed by atoms with Gasteiger partial charge in [-0.1, -0.05) is 76.2 Å². The Morgan fingerprint density at radius 2 is 1.28 bits per heavy atom. The van der Waals surface area contributed by atoms with Crippen molar-refractivity contribution in [1.82, 2.24) is 4.98 Å². The Hall–Kier alpha value is -2.41. The average Bonchev–Trinajstić information content (AvgIpc) is 2.79. The average molecular weight is 325 g/mol. The molecule has 0 bridgehead atoms. The third-order valence-electron chi connectivity index (χ3n) is 6.04. The molecule has 1 nitrogen and oxygen atoms in total. The van der Waals surface area contributed by atoms with Gasteiger partial charge in [0.2, 0.25) is 0 Å². The molecule has 0 unspecified atom stereocenters. The quantitative estimate of drug-likeness (QED) is 0.336. The van der Waals surface area contributed by atoms with Gasteiger partial charge in [0, 0.05) is 17.0 Å². The molecule has 1 aliphatic carbocycles. The van der Waals surface area contributed by atoms with Crippen molar-refractivity contribution in [1.29, 1.82) is 0 Å². The molecule has 0 N–H and O–H groups in total. The van der Waals surface area contributed by atoms with Crippen LogP contribution >= 0.6 is 0 Å². The van der Waals surface area contributed by atoms with Crippen LogP contribution in [0.2, 0.25) is 0 Å². The maximum Gasteiger partial charge on any atom is 0.0789 e. The van der Waals surface area contributed by atoms with Gasteiger partial charge in [-0.05, 0) is 44.5 Å². The van der Waals surface area contributed by atoms with Crippen LogP contribution in [0.5, 0.6) is 0 Å². The van der Waals surface area contributed by atoms with E-state index in [2.05, 4.69) is 82.4 Å². The topological polar surface area (TPSA) is 12.9 Å². The summed E-state index contributed by atoms with van der Waals surface area (Å²) in [5, 5.41) is 6.60. The lowest BCUT2D eigenvalue weighted by Crippen LogP contribution is -2.18. The Bertz CT molecular complexity index is 1130. The van der Waals surface area contributed by atoms with Gasteiger partial charge in [0.25, 0.3) is 0 Å². The summed E-state index contributed by atoms with van der Waals surface area (Å²) in [4.78, 5) is 4.99. The van der Waals surface area contributed by atoms with Gasteiger partial charge in [0.1, 0.15) is 0 Å². The first-order valence-corrected chi connectivity index (χ1v) is 9.13. The van der Waals surface area contributed by atoms with Crippen LogP contribution in [-0.4, -0.2) is 4.98 Å². The highest BCUT2D eigenvalue weighted by Crippen LogP contribution is 2.53. The molecule has 0 amide bonds. The van der Waals surface area contributed by atoms with Crippen molar-refractivity contribution >= 4 is 32.4 Å². The van der Waals surface area contributed by atoms with E-state index in [0.717, 1.165) is 11.9 Å². The zero-order chi connectivity index (χ0) is 17.4. The fourth-order valence-electron chi connectivity index (χ4n) is 5.34. The maximum atomic E-state index is 4.99. The molecule has 3 aromatic carbocycles. The third-order valence-corrected chi connectivity index (χ3v) is 6.04. The number of benzene rings is 3. The van der Waals surface area contributed by atoms with Gasteiger partial charge in [-0.3, -0.25) is 4.98 Å². The van der Waals surface area contributed by atoms with Crippen molar-refractivity contribution in [3.8, 4) is 0 Å². The molecule has 0 aliphatic heterocycles. The number of hydrogen-bond donors (Lipinski definition) is 0. The smallest absolute Gasteiger partial charge is 0.0789 e. The number of rotatable bonds is 0. The minimum atomic E-state index is 0.158. The number of hydrogen-bond acceptors (Lipinski definition) is 1. The van der Waals surface area contributed by atoms with Crippen LogP contribution in [0.3, 0.4) is 0 Å². The summed E-state index contributed by atoms with van der Waals surface area (Å²) in [6, 6.07) is 17.5. The van der Waals surface area contributed by atoms with Crippen molar-refractivity contribution in [3.05, 3.63) is 65.9 Å². The number of nitrogens with zero attached hydrogens (tertiary/aromatic N) is 1. The van der Waals surface area contributed by atoms with Crippen molar-refractivity contribution in [2.24, 2.45) is 0 Å². The summed E-state index contributed by atoms with van der Waals surface area (Å²) in [6.45, 7) is 9.50. The van der Waals surface area contributed by atoms with Crippen molar-refractivity contribution in [2.75, 3.05) is 0 Å². The van der Waals surface area contributed by atoms with Gasteiger partial charge in [-0.2, -0.15) is 0 Å². The Balaban J connectivity index is 2.13. The van der Waals surface area contributed by atoms with Gasteiger partial charge in [0.15, 0.2) is 0 Å². The monoisotopic (exact) mass is 325 g/mol. The molecule has 1 aliphatic rings. The van der Waals surface area contributed by atoms with Crippen LogP contribution in [0.25, 0.3) is 32.4 Å². The predicted octanol–water partition coefficient (Wildman–Crippen LogP) is 6.50. The Labute approximate surface area is 148 Å². The second-order valence-corrected chi connectivity index (χ2v) is 8.81. The first kappa shape index (κ1) is 14.9. The van der Waals surface area contributed by atoms with Crippen LogP contribution in [0.4, 0.5) is 0 Å². The number of pyridine rings is 1. The van der Waals surface area contributed by atoms with E-state index in [1.807, 2.05) is 0 Å². The van der Waals surface area contributed by atoms with Crippen molar-refractivity contribution in [3.63, 3.8) is 0 Å². The minimum absolute atomic E-state index is 0.158. The molecule has 0 atom stereocenters. The molecule has 0 saturated carbocycles. The second kappa shape index (κ2) is 4.60. The molecular formula is C24H23N. The fourth-order valence-corrected chi connectivity index (χ4v) is 5.34. The Morgan fingerprint density at radius 1 is 0.720 bits per heavy atom. The van der Waals surface area contributed by atoms with E-state index in [-0.39, 0.29) is 10.8 Å². The van der Waals surface area contributed by atoms with E-state index in [1.54, 1.807) is 0 Å². The highest BCUT2D eigenvalue weighted by Gasteiger charge is 2.43. The molecule has 0 radical (unpaired) electrons. The predicted molar refractivity (Wildman–Crippen MR) is 107 cm³/mol. The summed E-state index contributed by atoms with van der Waals surface area (Å²) in [5.41, 5.74) is 4.41. The fraction of sp³-hybridized carbons (Fsp3) is 0.292. The zero-order valence-corrected chi connectivity index (χ0v) is 15.4. The van der Waals surface area contributed by atoms with E-state index in [1.165, 1.54) is 38.1 Å². The van der Waals surface area contributed by atoms with Gasteiger partial charge in [0.05, 0.1) is 5.52 Å². The van der Waals surface area contributed by atoms with E-state index >= 15 is 0 Å². The zero-order valence-electron chi connectivity index (χ0n) is 15.4. The molecule has 0 spiro atoms. The van der Waals surface area contributed by atoms with Gasteiger partial charge < -0.3 is 0 Å². The summed E-state index contributed by atoms with van der Waals surface area (Å²) < 4.78 is 0. The molecule has 4 aromatic rings. The lowest BCUT2D eigenvalue weighted by atomic mass is 9.80. The molecule has 124 valence electrons. The first-order valence-electron chi connectivity index (χ1n) is 9.13. The lowest BCUT2D eigenvalue weighted by Gasteiger charge is -2.23. The lowest BCUT2D eigenvalue weighted by molar-refractivity contribution is 0.404. The summed E-state index contributed by atoms with van der Waals surface area (Å²) >= 11 is 0. The third kappa shape index (κ3) is 1.87. The van der Waals surface area contributed by atoms with Crippen molar-refractivity contribution in [2.45, 2.75) is 44.9 Å².